The summed E-state index contributed by atoms with van der Waals surface area (Å²) in [5, 5.41) is 9.85. The van der Waals surface area contributed by atoms with Crippen LogP contribution in [0.25, 0.3) is 11.1 Å². The molecule has 1 N–H and O–H groups in total. The maximum Gasteiger partial charge on any atom is 0.341 e. The van der Waals surface area contributed by atoms with E-state index in [0.29, 0.717) is 33.5 Å². The SMILES string of the molecule is O=C(c1cc(Br)c(O)c(Br)c1)N1CCO[n+]2cc(-c3ccoc3)ccc21. The van der Waals surface area contributed by atoms with Crippen molar-refractivity contribution in [3.8, 4) is 16.9 Å². The van der Waals surface area contributed by atoms with Crippen molar-refractivity contribution in [2.24, 2.45) is 0 Å². The van der Waals surface area contributed by atoms with E-state index in [9.17, 15) is 9.90 Å². The molecule has 0 saturated heterocycles. The summed E-state index contributed by atoms with van der Waals surface area (Å²) in [6.07, 6.45) is 5.08. The number of rotatable bonds is 2. The van der Waals surface area contributed by atoms with Gasteiger partial charge in [-0.3, -0.25) is 0 Å². The van der Waals surface area contributed by atoms with Gasteiger partial charge in [-0.2, -0.15) is 4.90 Å². The molecular weight excluding hydrogens is 468 g/mol. The Bertz CT molecular complexity index is 966. The van der Waals surface area contributed by atoms with Gasteiger partial charge in [0, 0.05) is 17.2 Å². The van der Waals surface area contributed by atoms with Crippen molar-refractivity contribution in [1.29, 1.82) is 0 Å². The largest absolute Gasteiger partial charge is 0.506 e. The lowest BCUT2D eigenvalue weighted by Gasteiger charge is -2.22. The summed E-state index contributed by atoms with van der Waals surface area (Å²) in [6.45, 7) is 0.804. The summed E-state index contributed by atoms with van der Waals surface area (Å²) < 4.78 is 7.61. The van der Waals surface area contributed by atoms with Gasteiger partial charge in [-0.15, -0.1) is 0 Å². The molecule has 0 radical (unpaired) electrons. The molecule has 1 aliphatic heterocycles. The van der Waals surface area contributed by atoms with Gasteiger partial charge in [-0.25, -0.2) is 4.79 Å². The molecule has 3 aromatic rings. The van der Waals surface area contributed by atoms with E-state index < -0.39 is 0 Å². The van der Waals surface area contributed by atoms with Crippen molar-refractivity contribution < 1.29 is 23.9 Å². The molecule has 132 valence electrons. The molecule has 3 heterocycles. The average Bonchev–Trinajstić information content (AvgIpc) is 3.19. The Balaban J connectivity index is 1.71. The predicted molar refractivity (Wildman–Crippen MR) is 101 cm³/mol. The number of pyridine rings is 1. The third-order valence-electron chi connectivity index (χ3n) is 4.08. The number of benzene rings is 1. The Morgan fingerprint density at radius 1 is 1.15 bits per heavy atom. The van der Waals surface area contributed by atoms with E-state index in [2.05, 4.69) is 31.9 Å². The summed E-state index contributed by atoms with van der Waals surface area (Å²) in [6, 6.07) is 8.81. The second-order valence-corrected chi connectivity index (χ2v) is 7.40. The van der Waals surface area contributed by atoms with Crippen LogP contribution in [0.1, 0.15) is 10.4 Å². The number of aromatic hydroxyl groups is 1. The first kappa shape index (κ1) is 17.1. The Hall–Kier alpha value is -2.32. The standard InChI is InChI=1S/C18H12Br2N2O4/c19-14-7-13(8-15(20)17(14)23)18(24)21-4-6-26-22-9-11(1-2-16(21)22)12-3-5-25-10-12/h1-3,5,7-10H,4,6H2/p+1. The quantitative estimate of drug-likeness (QED) is 0.569. The van der Waals surface area contributed by atoms with Crippen LogP contribution in [0.4, 0.5) is 5.82 Å². The topological polar surface area (TPSA) is 66.8 Å². The zero-order chi connectivity index (χ0) is 18.3. The second-order valence-electron chi connectivity index (χ2n) is 5.69. The van der Waals surface area contributed by atoms with Gasteiger partial charge in [0.2, 0.25) is 0 Å². The van der Waals surface area contributed by atoms with Crippen molar-refractivity contribution in [3.63, 3.8) is 0 Å². The van der Waals surface area contributed by atoms with Gasteiger partial charge in [-0.05, 0) is 60.9 Å². The highest BCUT2D eigenvalue weighted by Crippen LogP contribution is 2.34. The van der Waals surface area contributed by atoms with Crippen molar-refractivity contribution in [3.05, 3.63) is 63.6 Å². The number of furan rings is 1. The second kappa shape index (κ2) is 6.77. The van der Waals surface area contributed by atoms with Gasteiger partial charge in [0.25, 0.3) is 0 Å². The molecule has 0 unspecified atom stereocenters. The Kier molecular flexibility index (Phi) is 4.46. The normalized spacial score (nSPS) is 13.2. The predicted octanol–water partition coefficient (Wildman–Crippen LogP) is 3.55. The van der Waals surface area contributed by atoms with E-state index in [0.717, 1.165) is 11.1 Å². The molecule has 0 aliphatic carbocycles. The molecule has 0 fully saturated rings. The van der Waals surface area contributed by atoms with Gasteiger partial charge < -0.3 is 14.4 Å². The number of carbonyl (C=O) groups excluding carboxylic acids is 1. The zero-order valence-electron chi connectivity index (χ0n) is 13.4. The van der Waals surface area contributed by atoms with E-state index in [1.54, 1.807) is 34.3 Å². The van der Waals surface area contributed by atoms with Crippen LogP contribution in [0.2, 0.25) is 0 Å². The first-order chi connectivity index (χ1) is 12.5. The first-order valence-corrected chi connectivity index (χ1v) is 9.34. The molecule has 4 rings (SSSR count). The number of carbonyl (C=O) groups is 1. The van der Waals surface area contributed by atoms with Gasteiger partial charge in [0.05, 0.1) is 27.0 Å². The molecule has 6 nitrogen and oxygen atoms in total. The van der Waals surface area contributed by atoms with Gasteiger partial charge in [0.15, 0.2) is 6.61 Å². The minimum Gasteiger partial charge on any atom is -0.506 e. The van der Waals surface area contributed by atoms with Crippen LogP contribution in [0.5, 0.6) is 5.75 Å². The number of phenolic OH excluding ortho intramolecular Hbond substituents is 1. The van der Waals surface area contributed by atoms with Gasteiger partial charge in [0.1, 0.15) is 18.5 Å². The minimum atomic E-state index is -0.181. The van der Waals surface area contributed by atoms with Crippen LogP contribution >= 0.6 is 31.9 Å². The number of phenols is 1. The molecule has 0 atom stereocenters. The van der Waals surface area contributed by atoms with Gasteiger partial charge >= 0.3 is 11.7 Å². The average molecular weight is 481 g/mol. The van der Waals surface area contributed by atoms with E-state index in [-0.39, 0.29) is 11.7 Å². The number of nitrogens with zero attached hydrogens (tertiary/aromatic N) is 2. The number of aromatic nitrogens is 1. The number of anilines is 1. The van der Waals surface area contributed by atoms with E-state index >= 15 is 0 Å². The fourth-order valence-corrected chi connectivity index (χ4v) is 3.97. The van der Waals surface area contributed by atoms with Crippen LogP contribution < -0.4 is 14.5 Å². The molecule has 8 heteroatoms. The first-order valence-electron chi connectivity index (χ1n) is 7.76. The summed E-state index contributed by atoms with van der Waals surface area (Å²) in [5.41, 5.74) is 2.31. The van der Waals surface area contributed by atoms with Crippen molar-refractivity contribution in [1.82, 2.24) is 0 Å². The van der Waals surface area contributed by atoms with Crippen molar-refractivity contribution in [2.75, 3.05) is 18.1 Å². The maximum absolute atomic E-state index is 13.0. The van der Waals surface area contributed by atoms with Crippen LogP contribution in [0.3, 0.4) is 0 Å². The minimum absolute atomic E-state index is 0.0584. The fourth-order valence-electron chi connectivity index (χ4n) is 2.78. The van der Waals surface area contributed by atoms with E-state index in [1.807, 2.05) is 24.4 Å². The van der Waals surface area contributed by atoms with Crippen LogP contribution in [-0.4, -0.2) is 24.2 Å². The third-order valence-corrected chi connectivity index (χ3v) is 5.29. The third kappa shape index (κ3) is 2.99. The monoisotopic (exact) mass is 479 g/mol. The Morgan fingerprint density at radius 2 is 1.92 bits per heavy atom. The van der Waals surface area contributed by atoms with E-state index in [1.165, 1.54) is 0 Å². The van der Waals surface area contributed by atoms with Crippen molar-refractivity contribution in [2.45, 2.75) is 0 Å². The Morgan fingerprint density at radius 3 is 2.62 bits per heavy atom. The molecular formula is C18H13Br2N2O4+. The fraction of sp³-hybridized carbons (Fsp3) is 0.111. The molecule has 1 aliphatic rings. The number of hydrogen-bond acceptors (Lipinski definition) is 4. The lowest BCUT2D eigenvalue weighted by atomic mass is 10.1. The Labute approximate surface area is 165 Å². The van der Waals surface area contributed by atoms with Crippen LogP contribution in [-0.2, 0) is 0 Å². The van der Waals surface area contributed by atoms with Crippen LogP contribution in [0.15, 0.2) is 62.4 Å². The summed E-state index contributed by atoms with van der Waals surface area (Å²) in [5.74, 6) is 0.511. The van der Waals surface area contributed by atoms with E-state index in [4.69, 9.17) is 9.25 Å². The van der Waals surface area contributed by atoms with Crippen molar-refractivity contribution >= 4 is 43.6 Å². The summed E-state index contributed by atoms with van der Waals surface area (Å²) in [4.78, 5) is 20.3. The highest BCUT2D eigenvalue weighted by molar-refractivity contribution is 9.11. The molecule has 0 saturated carbocycles. The lowest BCUT2D eigenvalue weighted by molar-refractivity contribution is -0.883. The van der Waals surface area contributed by atoms with Gasteiger partial charge in [-0.1, -0.05) is 0 Å². The molecule has 26 heavy (non-hydrogen) atoms. The summed E-state index contributed by atoms with van der Waals surface area (Å²) >= 11 is 6.53. The number of hydrogen-bond donors (Lipinski definition) is 1. The zero-order valence-corrected chi connectivity index (χ0v) is 16.5. The molecule has 1 aromatic carbocycles. The molecule has 1 amide bonds. The smallest absolute Gasteiger partial charge is 0.341 e. The highest BCUT2D eigenvalue weighted by atomic mass is 79.9. The lowest BCUT2D eigenvalue weighted by Crippen LogP contribution is -2.57. The maximum atomic E-state index is 13.0. The number of fused-ring (bicyclic) bond motifs is 1. The molecule has 0 spiro atoms. The highest BCUT2D eigenvalue weighted by Gasteiger charge is 2.34. The number of halogens is 2. The molecule has 0 bridgehead atoms. The number of amides is 1. The summed E-state index contributed by atoms with van der Waals surface area (Å²) in [7, 11) is 0. The van der Waals surface area contributed by atoms with Crippen LogP contribution in [0, 0.1) is 0 Å². The molecule has 2 aromatic heterocycles.